The van der Waals surface area contributed by atoms with Gasteiger partial charge in [-0.1, -0.05) is 60.7 Å². The lowest BCUT2D eigenvalue weighted by Crippen LogP contribution is -2.50. The third-order valence-corrected chi connectivity index (χ3v) is 4.58. The molecule has 0 spiro atoms. The zero-order valence-electron chi connectivity index (χ0n) is 13.9. The minimum atomic E-state index is -0.983. The fourth-order valence-corrected chi connectivity index (χ4v) is 3.23. The lowest BCUT2D eigenvalue weighted by Gasteiger charge is -2.36. The van der Waals surface area contributed by atoms with Gasteiger partial charge in [0, 0.05) is 12.5 Å². The number of rotatable bonds is 4. The SMILES string of the molecule is O=C(O)C1CCC(c2ccccc2)CN1C(=O)OCc1ccccc1. The van der Waals surface area contributed by atoms with E-state index in [9.17, 15) is 14.7 Å². The Morgan fingerprint density at radius 2 is 1.64 bits per heavy atom. The number of carbonyl (C=O) groups is 2. The fourth-order valence-electron chi connectivity index (χ4n) is 3.23. The largest absolute Gasteiger partial charge is 0.480 e. The van der Waals surface area contributed by atoms with E-state index in [1.807, 2.05) is 60.7 Å². The smallest absolute Gasteiger partial charge is 0.410 e. The van der Waals surface area contributed by atoms with Crippen LogP contribution in [-0.2, 0) is 16.1 Å². The van der Waals surface area contributed by atoms with E-state index in [-0.39, 0.29) is 12.5 Å². The van der Waals surface area contributed by atoms with Crippen LogP contribution in [0.4, 0.5) is 4.79 Å². The first-order chi connectivity index (χ1) is 12.1. The normalized spacial score (nSPS) is 20.1. The molecular formula is C20H21NO4. The summed E-state index contributed by atoms with van der Waals surface area (Å²) in [5, 5.41) is 9.45. The summed E-state index contributed by atoms with van der Waals surface area (Å²) in [6.45, 7) is 0.493. The van der Waals surface area contributed by atoms with Crippen molar-refractivity contribution in [3.8, 4) is 0 Å². The highest BCUT2D eigenvalue weighted by molar-refractivity contribution is 5.80. The summed E-state index contributed by atoms with van der Waals surface area (Å²) in [5.41, 5.74) is 1.99. The van der Waals surface area contributed by atoms with Gasteiger partial charge in [0.2, 0.25) is 0 Å². The van der Waals surface area contributed by atoms with Crippen molar-refractivity contribution >= 4 is 12.1 Å². The lowest BCUT2D eigenvalue weighted by molar-refractivity contribution is -0.144. The number of carbonyl (C=O) groups excluding carboxylic acids is 1. The van der Waals surface area contributed by atoms with Crippen molar-refractivity contribution in [3.63, 3.8) is 0 Å². The number of aliphatic carboxylic acids is 1. The third kappa shape index (κ3) is 4.18. The molecule has 2 aromatic carbocycles. The molecule has 2 aromatic rings. The van der Waals surface area contributed by atoms with Gasteiger partial charge >= 0.3 is 12.1 Å². The van der Waals surface area contributed by atoms with Crippen LogP contribution in [0.1, 0.15) is 29.9 Å². The predicted molar refractivity (Wildman–Crippen MR) is 93.2 cm³/mol. The zero-order valence-corrected chi connectivity index (χ0v) is 13.9. The van der Waals surface area contributed by atoms with Crippen molar-refractivity contribution in [2.24, 2.45) is 0 Å². The standard InChI is InChI=1S/C20H21NO4/c22-19(23)18-12-11-17(16-9-5-2-6-10-16)13-21(18)20(24)25-14-15-7-3-1-4-8-15/h1-10,17-18H,11-14H2,(H,22,23). The van der Waals surface area contributed by atoms with Crippen molar-refractivity contribution in [2.75, 3.05) is 6.54 Å². The summed E-state index contributed by atoms with van der Waals surface area (Å²) in [5.74, 6) is -0.857. The second-order valence-corrected chi connectivity index (χ2v) is 6.23. The Morgan fingerprint density at radius 3 is 2.28 bits per heavy atom. The summed E-state index contributed by atoms with van der Waals surface area (Å²) >= 11 is 0. The predicted octanol–water partition coefficient (Wildman–Crippen LogP) is 3.66. The van der Waals surface area contributed by atoms with Gasteiger partial charge in [-0.15, -0.1) is 0 Å². The Labute approximate surface area is 146 Å². The molecule has 2 unspecified atom stereocenters. The number of amides is 1. The van der Waals surface area contributed by atoms with E-state index in [0.717, 1.165) is 17.5 Å². The maximum absolute atomic E-state index is 12.5. The molecule has 1 fully saturated rings. The van der Waals surface area contributed by atoms with E-state index in [1.54, 1.807) is 0 Å². The zero-order chi connectivity index (χ0) is 17.6. The molecule has 0 bridgehead atoms. The number of hydrogen-bond acceptors (Lipinski definition) is 3. The van der Waals surface area contributed by atoms with Crippen LogP contribution in [0.25, 0.3) is 0 Å². The third-order valence-electron chi connectivity index (χ3n) is 4.58. The van der Waals surface area contributed by atoms with E-state index >= 15 is 0 Å². The summed E-state index contributed by atoms with van der Waals surface area (Å²) in [7, 11) is 0. The molecular weight excluding hydrogens is 318 g/mol. The minimum Gasteiger partial charge on any atom is -0.480 e. The van der Waals surface area contributed by atoms with Gasteiger partial charge in [0.05, 0.1) is 0 Å². The van der Waals surface area contributed by atoms with Gasteiger partial charge in [-0.25, -0.2) is 9.59 Å². The first-order valence-corrected chi connectivity index (χ1v) is 8.40. The van der Waals surface area contributed by atoms with Crippen LogP contribution in [0.3, 0.4) is 0 Å². The molecule has 5 nitrogen and oxygen atoms in total. The Kier molecular flexibility index (Phi) is 5.33. The van der Waals surface area contributed by atoms with Gasteiger partial charge in [0.1, 0.15) is 12.6 Å². The van der Waals surface area contributed by atoms with Crippen LogP contribution in [-0.4, -0.2) is 34.7 Å². The molecule has 1 saturated heterocycles. The summed E-state index contributed by atoms with van der Waals surface area (Å²) in [6.07, 6.45) is 0.593. The summed E-state index contributed by atoms with van der Waals surface area (Å²) in [4.78, 5) is 25.4. The second-order valence-electron chi connectivity index (χ2n) is 6.23. The molecule has 1 amide bonds. The highest BCUT2D eigenvalue weighted by Crippen LogP contribution is 2.30. The van der Waals surface area contributed by atoms with Crippen LogP contribution in [0.2, 0.25) is 0 Å². The average molecular weight is 339 g/mol. The lowest BCUT2D eigenvalue weighted by atomic mass is 9.87. The molecule has 130 valence electrons. The first-order valence-electron chi connectivity index (χ1n) is 8.40. The number of hydrogen-bond donors (Lipinski definition) is 1. The van der Waals surface area contributed by atoms with Crippen LogP contribution >= 0.6 is 0 Å². The number of carboxylic acid groups (broad SMARTS) is 1. The number of ether oxygens (including phenoxy) is 1. The maximum Gasteiger partial charge on any atom is 0.410 e. The molecule has 0 radical (unpaired) electrons. The fraction of sp³-hybridized carbons (Fsp3) is 0.300. The molecule has 1 aliphatic heterocycles. The van der Waals surface area contributed by atoms with Crippen molar-refractivity contribution < 1.29 is 19.4 Å². The Morgan fingerprint density at radius 1 is 1.00 bits per heavy atom. The minimum absolute atomic E-state index is 0.126. The molecule has 1 heterocycles. The van der Waals surface area contributed by atoms with Crippen molar-refractivity contribution in [1.82, 2.24) is 4.90 Å². The van der Waals surface area contributed by atoms with Crippen LogP contribution in [0.5, 0.6) is 0 Å². The summed E-state index contributed by atoms with van der Waals surface area (Å²) < 4.78 is 5.36. The molecule has 3 rings (SSSR count). The van der Waals surface area contributed by atoms with Gasteiger partial charge in [-0.3, -0.25) is 4.90 Å². The van der Waals surface area contributed by atoms with Gasteiger partial charge in [-0.05, 0) is 24.0 Å². The highest BCUT2D eigenvalue weighted by atomic mass is 16.6. The maximum atomic E-state index is 12.5. The van der Waals surface area contributed by atoms with Crippen LogP contribution in [0, 0.1) is 0 Å². The van der Waals surface area contributed by atoms with E-state index in [2.05, 4.69) is 0 Å². The van der Waals surface area contributed by atoms with Gasteiger partial charge < -0.3 is 9.84 Å². The molecule has 1 aliphatic rings. The quantitative estimate of drug-likeness (QED) is 0.923. The number of nitrogens with zero attached hydrogens (tertiary/aromatic N) is 1. The topological polar surface area (TPSA) is 66.8 Å². The number of carboxylic acids is 1. The molecule has 25 heavy (non-hydrogen) atoms. The van der Waals surface area contributed by atoms with Gasteiger partial charge in [0.15, 0.2) is 0 Å². The van der Waals surface area contributed by atoms with Crippen molar-refractivity contribution in [1.29, 1.82) is 0 Å². The molecule has 0 saturated carbocycles. The van der Waals surface area contributed by atoms with Crippen LogP contribution < -0.4 is 0 Å². The van der Waals surface area contributed by atoms with Crippen LogP contribution in [0.15, 0.2) is 60.7 Å². The average Bonchev–Trinajstić information content (AvgIpc) is 2.67. The highest BCUT2D eigenvalue weighted by Gasteiger charge is 2.37. The van der Waals surface area contributed by atoms with E-state index in [0.29, 0.717) is 13.0 Å². The molecule has 5 heteroatoms. The monoisotopic (exact) mass is 339 g/mol. The molecule has 1 N–H and O–H groups in total. The van der Waals surface area contributed by atoms with Crippen molar-refractivity contribution in [3.05, 3.63) is 71.8 Å². The number of likely N-dealkylation sites (tertiary alicyclic amines) is 1. The number of benzene rings is 2. The van der Waals surface area contributed by atoms with Gasteiger partial charge in [-0.2, -0.15) is 0 Å². The Hall–Kier alpha value is -2.82. The first kappa shape index (κ1) is 17.0. The molecule has 0 aromatic heterocycles. The summed E-state index contributed by atoms with van der Waals surface area (Å²) in [6, 6.07) is 18.4. The Bertz CT molecular complexity index is 717. The molecule has 0 aliphatic carbocycles. The number of piperidine rings is 1. The van der Waals surface area contributed by atoms with Crippen molar-refractivity contribution in [2.45, 2.75) is 31.4 Å². The van der Waals surface area contributed by atoms with Gasteiger partial charge in [0.25, 0.3) is 0 Å². The Balaban J connectivity index is 1.70. The molecule has 2 atom stereocenters. The van der Waals surface area contributed by atoms with E-state index < -0.39 is 18.1 Å². The van der Waals surface area contributed by atoms with E-state index in [4.69, 9.17) is 4.74 Å². The van der Waals surface area contributed by atoms with E-state index in [1.165, 1.54) is 4.90 Å². The second kappa shape index (κ2) is 7.83.